The summed E-state index contributed by atoms with van der Waals surface area (Å²) in [6.07, 6.45) is 2.64. The van der Waals surface area contributed by atoms with Crippen LogP contribution in [-0.4, -0.2) is 68.7 Å². The second kappa shape index (κ2) is 12.2. The van der Waals surface area contributed by atoms with Crippen molar-refractivity contribution in [3.05, 3.63) is 45.8 Å². The van der Waals surface area contributed by atoms with Crippen LogP contribution in [0.2, 0.25) is 0 Å². The molecule has 3 heterocycles. The minimum Gasteiger partial charge on any atom is -0.341 e. The fourth-order valence-electron chi connectivity index (χ4n) is 5.42. The summed E-state index contributed by atoms with van der Waals surface area (Å²) in [6.45, 7) is 9.57. The van der Waals surface area contributed by atoms with Gasteiger partial charge in [-0.05, 0) is 67.5 Å². The molecule has 0 radical (unpaired) electrons. The molecule has 1 fully saturated rings. The summed E-state index contributed by atoms with van der Waals surface area (Å²) in [5.74, 6) is -0.460. The number of carbonyl (C=O) groups is 3. The number of carbonyl (C=O) groups excluding carboxylic acids is 3. The highest BCUT2D eigenvalue weighted by molar-refractivity contribution is 7.89. The van der Waals surface area contributed by atoms with Crippen LogP contribution in [0.15, 0.2) is 29.2 Å². The molecule has 0 spiro atoms. The Morgan fingerprint density at radius 2 is 1.72 bits per heavy atom. The summed E-state index contributed by atoms with van der Waals surface area (Å²) in [5.41, 5.74) is 1.41. The van der Waals surface area contributed by atoms with E-state index >= 15 is 0 Å². The number of nitrogens with zero attached hydrogens (tertiary/aromatic N) is 2. The van der Waals surface area contributed by atoms with Gasteiger partial charge in [-0.3, -0.25) is 19.8 Å². The summed E-state index contributed by atoms with van der Waals surface area (Å²) in [7, 11) is -2.24. The van der Waals surface area contributed by atoms with Crippen LogP contribution >= 0.6 is 11.3 Å². The minimum absolute atomic E-state index is 0.147. The molecular weight excluding hydrogens is 538 g/mol. The van der Waals surface area contributed by atoms with Gasteiger partial charge in [-0.25, -0.2) is 13.2 Å². The number of benzene rings is 1. The maximum atomic E-state index is 13.2. The molecule has 1 saturated heterocycles. The molecule has 4 amide bonds. The van der Waals surface area contributed by atoms with Crippen molar-refractivity contribution in [1.29, 1.82) is 0 Å². The van der Waals surface area contributed by atoms with Crippen molar-refractivity contribution in [1.82, 2.24) is 19.8 Å². The summed E-state index contributed by atoms with van der Waals surface area (Å²) in [4.78, 5) is 41.5. The number of hydrogen-bond donors (Lipinski definition) is 3. The number of imide groups is 1. The second-order valence-electron chi connectivity index (χ2n) is 10.5. The maximum absolute atomic E-state index is 13.2. The van der Waals surface area contributed by atoms with E-state index in [9.17, 15) is 22.8 Å². The molecule has 0 aliphatic carbocycles. The van der Waals surface area contributed by atoms with E-state index in [1.165, 1.54) is 47.0 Å². The highest BCUT2D eigenvalue weighted by Gasteiger charge is 2.32. The number of fused-ring (bicyclic) bond motifs is 1. The molecule has 2 atom stereocenters. The molecule has 12 heteroatoms. The largest absolute Gasteiger partial charge is 0.341 e. The smallest absolute Gasteiger partial charge is 0.321 e. The SMILES string of the molecule is CCCN1CCc2c(sc(NC(=O)c3ccc(S(=O)(=O)N4CC(C)CC(C)C4)cc3)c2C(=O)NC(=O)NC)C1. The van der Waals surface area contributed by atoms with Crippen molar-refractivity contribution in [2.45, 2.75) is 51.5 Å². The normalized spacial score (nSPS) is 20.2. The van der Waals surface area contributed by atoms with E-state index in [1.54, 1.807) is 0 Å². The van der Waals surface area contributed by atoms with Crippen LogP contribution in [0.3, 0.4) is 0 Å². The van der Waals surface area contributed by atoms with Crippen LogP contribution in [0.1, 0.15) is 64.8 Å². The van der Waals surface area contributed by atoms with Crippen molar-refractivity contribution in [2.24, 2.45) is 11.8 Å². The van der Waals surface area contributed by atoms with Gasteiger partial charge in [0.05, 0.1) is 10.5 Å². The number of piperidine rings is 1. The van der Waals surface area contributed by atoms with Crippen molar-refractivity contribution in [3.63, 3.8) is 0 Å². The van der Waals surface area contributed by atoms with Crippen LogP contribution in [0.4, 0.5) is 9.80 Å². The standard InChI is InChI=1S/C27H37N5O5S2/c1-5-11-31-12-10-21-22(16-31)38-26(23(21)25(34)30-27(35)28-4)29-24(33)19-6-8-20(9-7-19)39(36,37)32-14-17(2)13-18(3)15-32/h6-9,17-18H,5,10-16H2,1-4H3,(H,29,33)(H2,28,30,34,35). The predicted molar refractivity (Wildman–Crippen MR) is 152 cm³/mol. The molecule has 212 valence electrons. The highest BCUT2D eigenvalue weighted by Crippen LogP contribution is 2.37. The van der Waals surface area contributed by atoms with Gasteiger partial charge >= 0.3 is 6.03 Å². The molecule has 3 N–H and O–H groups in total. The summed E-state index contributed by atoms with van der Waals surface area (Å²) in [6, 6.07) is 5.25. The van der Waals surface area contributed by atoms with Gasteiger partial charge in [-0.1, -0.05) is 20.8 Å². The lowest BCUT2D eigenvalue weighted by atomic mass is 9.94. The van der Waals surface area contributed by atoms with Gasteiger partial charge in [0.25, 0.3) is 11.8 Å². The molecule has 0 saturated carbocycles. The molecular formula is C27H37N5O5S2. The van der Waals surface area contributed by atoms with E-state index in [0.717, 1.165) is 36.4 Å². The average Bonchev–Trinajstić information content (AvgIpc) is 3.25. The molecule has 2 aliphatic rings. The van der Waals surface area contributed by atoms with E-state index in [1.807, 2.05) is 0 Å². The first-order valence-electron chi connectivity index (χ1n) is 13.3. The third kappa shape index (κ3) is 6.51. The van der Waals surface area contributed by atoms with Gasteiger partial charge < -0.3 is 10.6 Å². The first-order valence-corrected chi connectivity index (χ1v) is 15.6. The van der Waals surface area contributed by atoms with E-state index in [2.05, 4.69) is 41.6 Å². The predicted octanol–water partition coefficient (Wildman–Crippen LogP) is 3.50. The van der Waals surface area contributed by atoms with Gasteiger partial charge in [0.1, 0.15) is 5.00 Å². The van der Waals surface area contributed by atoms with Gasteiger partial charge in [0.2, 0.25) is 10.0 Å². The summed E-state index contributed by atoms with van der Waals surface area (Å²) < 4.78 is 28.0. The molecule has 2 aromatic rings. The lowest BCUT2D eigenvalue weighted by molar-refractivity contribution is 0.0964. The van der Waals surface area contributed by atoms with Crippen LogP contribution in [-0.2, 0) is 23.0 Å². The van der Waals surface area contributed by atoms with Crippen molar-refractivity contribution in [3.8, 4) is 0 Å². The number of nitrogens with one attached hydrogen (secondary N) is 3. The Labute approximate surface area is 234 Å². The van der Waals surface area contributed by atoms with Crippen molar-refractivity contribution in [2.75, 3.05) is 38.5 Å². The number of rotatable bonds is 7. The van der Waals surface area contributed by atoms with Gasteiger partial charge in [0.15, 0.2) is 0 Å². The quantitative estimate of drug-likeness (QED) is 0.464. The lowest BCUT2D eigenvalue weighted by Gasteiger charge is -2.34. The van der Waals surface area contributed by atoms with E-state index in [-0.39, 0.29) is 22.3 Å². The summed E-state index contributed by atoms with van der Waals surface area (Å²) in [5, 5.41) is 7.91. The fraction of sp³-hybridized carbons (Fsp3) is 0.519. The number of thiophene rings is 1. The first-order chi connectivity index (χ1) is 18.5. The zero-order chi connectivity index (χ0) is 28.3. The Morgan fingerprint density at radius 3 is 2.33 bits per heavy atom. The highest BCUT2D eigenvalue weighted by atomic mass is 32.2. The molecule has 0 bridgehead atoms. The molecule has 1 aromatic heterocycles. The maximum Gasteiger partial charge on any atom is 0.321 e. The van der Waals surface area contributed by atoms with Crippen LogP contribution in [0.5, 0.6) is 0 Å². The zero-order valence-corrected chi connectivity index (χ0v) is 24.5. The van der Waals surface area contributed by atoms with Crippen LogP contribution in [0, 0.1) is 11.8 Å². The molecule has 4 rings (SSSR count). The molecule has 2 aliphatic heterocycles. The Hall–Kier alpha value is -2.80. The lowest BCUT2D eigenvalue weighted by Crippen LogP contribution is -2.42. The van der Waals surface area contributed by atoms with Crippen LogP contribution in [0.25, 0.3) is 0 Å². The monoisotopic (exact) mass is 575 g/mol. The molecule has 39 heavy (non-hydrogen) atoms. The number of sulfonamides is 1. The third-order valence-electron chi connectivity index (χ3n) is 7.17. The average molecular weight is 576 g/mol. The Morgan fingerprint density at radius 1 is 1.05 bits per heavy atom. The Kier molecular flexibility index (Phi) is 9.10. The number of amides is 4. The topological polar surface area (TPSA) is 128 Å². The van der Waals surface area contributed by atoms with Crippen LogP contribution < -0.4 is 16.0 Å². The Balaban J connectivity index is 1.56. The zero-order valence-electron chi connectivity index (χ0n) is 22.9. The van der Waals surface area contributed by atoms with E-state index < -0.39 is 27.9 Å². The van der Waals surface area contributed by atoms with E-state index in [0.29, 0.717) is 36.6 Å². The third-order valence-corrected chi connectivity index (χ3v) is 10.2. The number of anilines is 1. The minimum atomic E-state index is -3.67. The van der Waals surface area contributed by atoms with E-state index in [4.69, 9.17) is 0 Å². The van der Waals surface area contributed by atoms with Crippen molar-refractivity contribution < 1.29 is 22.8 Å². The number of hydrogen-bond acceptors (Lipinski definition) is 7. The van der Waals surface area contributed by atoms with Gasteiger partial charge in [-0.2, -0.15) is 4.31 Å². The fourth-order valence-corrected chi connectivity index (χ4v) is 8.39. The molecule has 1 aromatic carbocycles. The van der Waals surface area contributed by atoms with Gasteiger partial charge in [0, 0.05) is 43.7 Å². The van der Waals surface area contributed by atoms with Crippen molar-refractivity contribution >= 4 is 44.2 Å². The Bertz CT molecular complexity index is 1330. The first kappa shape index (κ1) is 29.2. The van der Waals surface area contributed by atoms with Gasteiger partial charge in [-0.15, -0.1) is 11.3 Å². The molecule has 10 nitrogen and oxygen atoms in total. The second-order valence-corrected chi connectivity index (χ2v) is 13.6. The summed E-state index contributed by atoms with van der Waals surface area (Å²) >= 11 is 1.34. The molecule has 2 unspecified atom stereocenters. The number of urea groups is 1.